The Morgan fingerprint density at radius 3 is 2.50 bits per heavy atom. The largest absolute Gasteiger partial charge is 0.397 e. The second kappa shape index (κ2) is 4.75. The zero-order chi connectivity index (χ0) is 13.3. The average Bonchev–Trinajstić information content (AvgIpc) is 3.09. The lowest BCUT2D eigenvalue weighted by molar-refractivity contribution is 0.301. The van der Waals surface area contributed by atoms with Gasteiger partial charge < -0.3 is 15.7 Å². The van der Waals surface area contributed by atoms with Gasteiger partial charge in [0.1, 0.15) is 0 Å². The van der Waals surface area contributed by atoms with Crippen LogP contribution in [0.2, 0.25) is 0 Å². The minimum Gasteiger partial charge on any atom is -0.397 e. The molecule has 0 radical (unpaired) electrons. The molecule has 0 saturated heterocycles. The van der Waals surface area contributed by atoms with Crippen LogP contribution >= 0.6 is 0 Å². The molecule has 0 bridgehead atoms. The number of primary sulfonamides is 1. The molecule has 1 aliphatic rings. The molecule has 0 aliphatic heterocycles. The van der Waals surface area contributed by atoms with Gasteiger partial charge in [0, 0.05) is 12.6 Å². The van der Waals surface area contributed by atoms with Crippen LogP contribution in [0.25, 0.3) is 0 Å². The molecule has 0 heterocycles. The third kappa shape index (κ3) is 2.74. The molecule has 0 unspecified atom stereocenters. The van der Waals surface area contributed by atoms with E-state index in [1.807, 2.05) is 4.90 Å². The van der Waals surface area contributed by atoms with E-state index in [9.17, 15) is 8.42 Å². The summed E-state index contributed by atoms with van der Waals surface area (Å²) in [7, 11) is -3.73. The maximum atomic E-state index is 11.2. The molecule has 0 amide bonds. The van der Waals surface area contributed by atoms with E-state index in [1.54, 1.807) is 6.07 Å². The van der Waals surface area contributed by atoms with Crippen molar-refractivity contribution in [1.29, 1.82) is 0 Å². The maximum absolute atomic E-state index is 11.2. The van der Waals surface area contributed by atoms with Crippen LogP contribution in [0.5, 0.6) is 0 Å². The van der Waals surface area contributed by atoms with Crippen molar-refractivity contribution in [3.05, 3.63) is 18.2 Å². The number of anilines is 2. The van der Waals surface area contributed by atoms with Crippen molar-refractivity contribution in [3.8, 4) is 0 Å². The predicted octanol–water partition coefficient (Wildman–Crippen LogP) is -0.123. The van der Waals surface area contributed by atoms with Crippen LogP contribution in [0.3, 0.4) is 0 Å². The highest BCUT2D eigenvalue weighted by Gasteiger charge is 2.30. The summed E-state index contributed by atoms with van der Waals surface area (Å²) in [5.74, 6) is 0. The van der Waals surface area contributed by atoms with Crippen molar-refractivity contribution in [3.63, 3.8) is 0 Å². The smallest absolute Gasteiger partial charge is 0.238 e. The first kappa shape index (κ1) is 13.1. The monoisotopic (exact) mass is 271 g/mol. The van der Waals surface area contributed by atoms with Gasteiger partial charge in [0.25, 0.3) is 0 Å². The van der Waals surface area contributed by atoms with Crippen molar-refractivity contribution in [2.45, 2.75) is 23.8 Å². The summed E-state index contributed by atoms with van der Waals surface area (Å²) in [5, 5.41) is 14.1. The van der Waals surface area contributed by atoms with E-state index in [-0.39, 0.29) is 11.5 Å². The molecule has 1 aromatic carbocycles. The standard InChI is InChI=1S/C11H17N3O3S/c12-10-7-9(18(13,16)17)3-4-11(10)14(5-6-15)8-1-2-8/h3-4,7-8,15H,1-2,5-6,12H2,(H2,13,16,17). The summed E-state index contributed by atoms with van der Waals surface area (Å²) in [5.41, 5.74) is 6.98. The van der Waals surface area contributed by atoms with E-state index >= 15 is 0 Å². The summed E-state index contributed by atoms with van der Waals surface area (Å²) >= 11 is 0. The molecule has 0 spiro atoms. The van der Waals surface area contributed by atoms with Gasteiger partial charge in [-0.05, 0) is 31.0 Å². The zero-order valence-corrected chi connectivity index (χ0v) is 10.7. The van der Waals surface area contributed by atoms with Crippen LogP contribution in [0.15, 0.2) is 23.1 Å². The van der Waals surface area contributed by atoms with Crippen LogP contribution in [0.1, 0.15) is 12.8 Å². The van der Waals surface area contributed by atoms with Crippen LogP contribution in [-0.2, 0) is 10.0 Å². The molecule has 2 rings (SSSR count). The second-order valence-corrected chi connectivity index (χ2v) is 5.98. The number of benzene rings is 1. The second-order valence-electron chi connectivity index (χ2n) is 4.41. The molecule has 18 heavy (non-hydrogen) atoms. The first-order valence-corrected chi connectivity index (χ1v) is 7.28. The number of sulfonamides is 1. The predicted molar refractivity (Wildman–Crippen MR) is 69.7 cm³/mol. The third-order valence-electron chi connectivity index (χ3n) is 2.97. The molecule has 100 valence electrons. The number of rotatable bonds is 5. The van der Waals surface area contributed by atoms with E-state index < -0.39 is 10.0 Å². The molecular weight excluding hydrogens is 254 g/mol. The molecule has 5 N–H and O–H groups in total. The summed E-state index contributed by atoms with van der Waals surface area (Å²) in [6, 6.07) is 4.83. The molecule has 1 saturated carbocycles. The van der Waals surface area contributed by atoms with Crippen LogP contribution in [0.4, 0.5) is 11.4 Å². The van der Waals surface area contributed by atoms with Gasteiger partial charge in [-0.15, -0.1) is 0 Å². The molecule has 6 nitrogen and oxygen atoms in total. The Hall–Kier alpha value is -1.31. The number of aliphatic hydroxyl groups is 1. The number of hydrogen-bond acceptors (Lipinski definition) is 5. The summed E-state index contributed by atoms with van der Waals surface area (Å²) in [6.07, 6.45) is 2.13. The zero-order valence-electron chi connectivity index (χ0n) is 9.91. The van der Waals surface area contributed by atoms with E-state index in [1.165, 1.54) is 12.1 Å². The van der Waals surface area contributed by atoms with E-state index in [2.05, 4.69) is 0 Å². The van der Waals surface area contributed by atoms with E-state index in [0.29, 0.717) is 18.3 Å². The number of nitrogens with zero attached hydrogens (tertiary/aromatic N) is 1. The Morgan fingerprint density at radius 1 is 1.39 bits per heavy atom. The van der Waals surface area contributed by atoms with Crippen molar-refractivity contribution in [2.75, 3.05) is 23.8 Å². The third-order valence-corrected chi connectivity index (χ3v) is 3.88. The van der Waals surface area contributed by atoms with Gasteiger partial charge in [-0.3, -0.25) is 0 Å². The first-order valence-electron chi connectivity index (χ1n) is 5.73. The van der Waals surface area contributed by atoms with Crippen LogP contribution in [-0.4, -0.2) is 32.7 Å². The number of hydrogen-bond donors (Lipinski definition) is 3. The van der Waals surface area contributed by atoms with Gasteiger partial charge in [0.05, 0.1) is 22.9 Å². The minimum absolute atomic E-state index is 0.00324. The normalized spacial score (nSPS) is 15.7. The molecule has 1 fully saturated rings. The lowest BCUT2D eigenvalue weighted by atomic mass is 10.2. The fraction of sp³-hybridized carbons (Fsp3) is 0.455. The van der Waals surface area contributed by atoms with Gasteiger partial charge in [-0.2, -0.15) is 0 Å². The van der Waals surface area contributed by atoms with Gasteiger partial charge >= 0.3 is 0 Å². The lowest BCUT2D eigenvalue weighted by Gasteiger charge is -2.25. The molecule has 1 aliphatic carbocycles. The lowest BCUT2D eigenvalue weighted by Crippen LogP contribution is -2.29. The average molecular weight is 271 g/mol. The van der Waals surface area contributed by atoms with E-state index in [4.69, 9.17) is 16.0 Å². The van der Waals surface area contributed by atoms with Crippen molar-refractivity contribution in [1.82, 2.24) is 0 Å². The number of nitrogen functional groups attached to an aromatic ring is 1. The maximum Gasteiger partial charge on any atom is 0.238 e. The summed E-state index contributed by atoms with van der Waals surface area (Å²) < 4.78 is 22.4. The first-order chi connectivity index (χ1) is 8.43. The highest BCUT2D eigenvalue weighted by atomic mass is 32.2. The quantitative estimate of drug-likeness (QED) is 0.647. The minimum atomic E-state index is -3.73. The molecule has 0 aromatic heterocycles. The Kier molecular flexibility index (Phi) is 3.47. The highest BCUT2D eigenvalue weighted by molar-refractivity contribution is 7.89. The fourth-order valence-corrected chi connectivity index (χ4v) is 2.51. The van der Waals surface area contributed by atoms with Crippen molar-refractivity contribution in [2.24, 2.45) is 5.14 Å². The SMILES string of the molecule is Nc1cc(S(N)(=O)=O)ccc1N(CCO)C1CC1. The Morgan fingerprint density at radius 2 is 2.06 bits per heavy atom. The Balaban J connectivity index is 2.33. The summed E-state index contributed by atoms with van der Waals surface area (Å²) in [4.78, 5) is 2.01. The molecular formula is C11H17N3O3S. The van der Waals surface area contributed by atoms with E-state index in [0.717, 1.165) is 18.5 Å². The highest BCUT2D eigenvalue weighted by Crippen LogP contribution is 2.35. The Bertz CT molecular complexity index is 540. The number of nitrogens with two attached hydrogens (primary N) is 2. The van der Waals surface area contributed by atoms with Crippen molar-refractivity contribution < 1.29 is 13.5 Å². The number of aliphatic hydroxyl groups excluding tert-OH is 1. The van der Waals surface area contributed by atoms with Crippen LogP contribution in [0, 0.1) is 0 Å². The van der Waals surface area contributed by atoms with Gasteiger partial charge in [0.2, 0.25) is 10.0 Å². The topological polar surface area (TPSA) is 110 Å². The van der Waals surface area contributed by atoms with Crippen LogP contribution < -0.4 is 15.8 Å². The Labute approximate surface area is 106 Å². The summed E-state index contributed by atoms with van der Waals surface area (Å²) in [6.45, 7) is 0.524. The van der Waals surface area contributed by atoms with Gasteiger partial charge in [-0.1, -0.05) is 0 Å². The molecule has 1 aromatic rings. The molecule has 0 atom stereocenters. The fourth-order valence-electron chi connectivity index (χ4n) is 1.96. The molecule has 7 heteroatoms. The van der Waals surface area contributed by atoms with Crippen molar-refractivity contribution >= 4 is 21.4 Å². The van der Waals surface area contributed by atoms with Gasteiger partial charge in [-0.25, -0.2) is 13.6 Å². The van der Waals surface area contributed by atoms with Gasteiger partial charge in [0.15, 0.2) is 0 Å².